The van der Waals surface area contributed by atoms with Crippen molar-refractivity contribution in [3.63, 3.8) is 0 Å². The number of nitrogens with zero attached hydrogens (tertiary/aromatic N) is 1. The maximum absolute atomic E-state index is 11.5. The molecule has 0 radical (unpaired) electrons. The van der Waals surface area contributed by atoms with Gasteiger partial charge in [0.25, 0.3) is 0 Å². The van der Waals surface area contributed by atoms with Gasteiger partial charge in [-0.3, -0.25) is 0 Å². The summed E-state index contributed by atoms with van der Waals surface area (Å²) in [5, 5.41) is 3.69. The van der Waals surface area contributed by atoms with Crippen LogP contribution in [0.5, 0.6) is 0 Å². The molecule has 1 rings (SSSR count). The predicted molar refractivity (Wildman–Crippen MR) is 89.8 cm³/mol. The van der Waals surface area contributed by atoms with Gasteiger partial charge in [-0.1, -0.05) is 34.1 Å². The van der Waals surface area contributed by atoms with Crippen molar-refractivity contribution >= 4 is 10.0 Å². The zero-order valence-electron chi connectivity index (χ0n) is 14.4. The van der Waals surface area contributed by atoms with Crippen molar-refractivity contribution in [1.82, 2.24) is 9.62 Å². The SMILES string of the molecule is CCN(CCCNC1CC(C)CCC1C(C)C)S(C)(=O)=O. The molecular formula is C16H34N2O2S. The molecule has 1 fully saturated rings. The summed E-state index contributed by atoms with van der Waals surface area (Å²) in [6.07, 6.45) is 6.10. The van der Waals surface area contributed by atoms with Crippen LogP contribution in [0.3, 0.4) is 0 Å². The highest BCUT2D eigenvalue weighted by Gasteiger charge is 2.30. The molecule has 0 heterocycles. The van der Waals surface area contributed by atoms with E-state index in [-0.39, 0.29) is 0 Å². The second-order valence-electron chi connectivity index (χ2n) is 6.99. The smallest absolute Gasteiger partial charge is 0.211 e. The Bertz CT molecular complexity index is 395. The van der Waals surface area contributed by atoms with Gasteiger partial charge in [-0.05, 0) is 43.6 Å². The van der Waals surface area contributed by atoms with Crippen molar-refractivity contribution in [1.29, 1.82) is 0 Å². The molecule has 5 heteroatoms. The maximum Gasteiger partial charge on any atom is 0.211 e. The van der Waals surface area contributed by atoms with E-state index in [2.05, 4.69) is 26.1 Å². The zero-order valence-corrected chi connectivity index (χ0v) is 15.2. The summed E-state index contributed by atoms with van der Waals surface area (Å²) in [6.45, 7) is 11.0. The van der Waals surface area contributed by atoms with E-state index in [1.54, 1.807) is 4.31 Å². The van der Waals surface area contributed by atoms with Gasteiger partial charge in [-0.2, -0.15) is 0 Å². The molecule has 1 aliphatic rings. The van der Waals surface area contributed by atoms with Crippen LogP contribution in [-0.4, -0.2) is 44.7 Å². The Hall–Kier alpha value is -0.130. The van der Waals surface area contributed by atoms with Gasteiger partial charge < -0.3 is 5.32 Å². The number of sulfonamides is 1. The fourth-order valence-corrected chi connectivity index (χ4v) is 4.47. The van der Waals surface area contributed by atoms with E-state index in [4.69, 9.17) is 0 Å². The van der Waals surface area contributed by atoms with E-state index < -0.39 is 10.0 Å². The Morgan fingerprint density at radius 3 is 2.48 bits per heavy atom. The Balaban J connectivity index is 2.39. The summed E-state index contributed by atoms with van der Waals surface area (Å²) < 4.78 is 24.7. The van der Waals surface area contributed by atoms with Crippen molar-refractivity contribution in [3.05, 3.63) is 0 Å². The van der Waals surface area contributed by atoms with Crippen molar-refractivity contribution < 1.29 is 8.42 Å². The molecule has 4 nitrogen and oxygen atoms in total. The normalized spacial score (nSPS) is 27.5. The molecule has 0 spiro atoms. The van der Waals surface area contributed by atoms with Crippen LogP contribution in [0.1, 0.15) is 53.4 Å². The van der Waals surface area contributed by atoms with E-state index in [0.29, 0.717) is 19.1 Å². The summed E-state index contributed by atoms with van der Waals surface area (Å²) in [7, 11) is -3.05. The highest BCUT2D eigenvalue weighted by Crippen LogP contribution is 2.33. The van der Waals surface area contributed by atoms with Gasteiger partial charge in [0.2, 0.25) is 10.0 Å². The molecule has 0 amide bonds. The lowest BCUT2D eigenvalue weighted by Gasteiger charge is -2.38. The molecule has 1 aliphatic carbocycles. The lowest BCUT2D eigenvalue weighted by atomic mass is 9.74. The van der Waals surface area contributed by atoms with Crippen LogP contribution >= 0.6 is 0 Å². The van der Waals surface area contributed by atoms with Crippen molar-refractivity contribution in [3.8, 4) is 0 Å². The molecule has 0 saturated heterocycles. The summed E-state index contributed by atoms with van der Waals surface area (Å²) >= 11 is 0. The summed E-state index contributed by atoms with van der Waals surface area (Å²) in [5.41, 5.74) is 0. The van der Waals surface area contributed by atoms with Gasteiger partial charge in [0.1, 0.15) is 0 Å². The first-order valence-electron chi connectivity index (χ1n) is 8.44. The number of rotatable bonds is 8. The van der Waals surface area contributed by atoms with Crippen LogP contribution in [0.4, 0.5) is 0 Å². The average Bonchev–Trinajstić information content (AvgIpc) is 2.36. The highest BCUT2D eigenvalue weighted by molar-refractivity contribution is 7.88. The molecule has 0 aromatic heterocycles. The maximum atomic E-state index is 11.5. The highest BCUT2D eigenvalue weighted by atomic mass is 32.2. The van der Waals surface area contributed by atoms with Crippen LogP contribution < -0.4 is 5.32 Å². The first-order chi connectivity index (χ1) is 9.75. The minimum absolute atomic E-state index is 0.563. The Morgan fingerprint density at radius 2 is 1.95 bits per heavy atom. The van der Waals surface area contributed by atoms with E-state index >= 15 is 0 Å². The van der Waals surface area contributed by atoms with Crippen LogP contribution in [0.2, 0.25) is 0 Å². The largest absolute Gasteiger partial charge is 0.314 e. The Labute approximate surface area is 131 Å². The molecule has 3 unspecified atom stereocenters. The van der Waals surface area contributed by atoms with Gasteiger partial charge in [0.05, 0.1) is 6.26 Å². The molecule has 0 aromatic rings. The molecule has 126 valence electrons. The van der Waals surface area contributed by atoms with Crippen LogP contribution in [0, 0.1) is 17.8 Å². The van der Waals surface area contributed by atoms with Gasteiger partial charge in [0.15, 0.2) is 0 Å². The van der Waals surface area contributed by atoms with Gasteiger partial charge >= 0.3 is 0 Å². The van der Waals surface area contributed by atoms with Gasteiger partial charge in [0, 0.05) is 19.1 Å². The predicted octanol–water partition coefficient (Wildman–Crippen LogP) is 2.71. The summed E-state index contributed by atoms with van der Waals surface area (Å²) in [6, 6.07) is 0.599. The minimum Gasteiger partial charge on any atom is -0.314 e. The van der Waals surface area contributed by atoms with Crippen LogP contribution in [-0.2, 0) is 10.0 Å². The van der Waals surface area contributed by atoms with Crippen molar-refractivity contribution in [2.45, 2.75) is 59.4 Å². The number of hydrogen-bond acceptors (Lipinski definition) is 3. The fourth-order valence-electron chi connectivity index (χ4n) is 3.54. The van der Waals surface area contributed by atoms with Crippen molar-refractivity contribution in [2.24, 2.45) is 17.8 Å². The standard InChI is InChI=1S/C16H34N2O2S/c1-6-18(21(5,19)20)11-7-10-17-16-12-14(4)8-9-15(16)13(2)3/h13-17H,6-12H2,1-5H3. The van der Waals surface area contributed by atoms with E-state index in [1.165, 1.54) is 25.5 Å². The summed E-state index contributed by atoms with van der Waals surface area (Å²) in [5.74, 6) is 2.29. The molecular weight excluding hydrogens is 284 g/mol. The third-order valence-corrected chi connectivity index (χ3v) is 6.21. The van der Waals surface area contributed by atoms with Crippen LogP contribution in [0.25, 0.3) is 0 Å². The zero-order chi connectivity index (χ0) is 16.0. The Morgan fingerprint density at radius 1 is 1.29 bits per heavy atom. The average molecular weight is 319 g/mol. The number of hydrogen-bond donors (Lipinski definition) is 1. The fraction of sp³-hybridized carbons (Fsp3) is 1.00. The van der Waals surface area contributed by atoms with Crippen LogP contribution in [0.15, 0.2) is 0 Å². The minimum atomic E-state index is -3.05. The van der Waals surface area contributed by atoms with E-state index in [1.807, 2.05) is 6.92 Å². The van der Waals surface area contributed by atoms with Gasteiger partial charge in [-0.25, -0.2) is 12.7 Å². The topological polar surface area (TPSA) is 49.4 Å². The van der Waals surface area contributed by atoms with Crippen molar-refractivity contribution in [2.75, 3.05) is 25.9 Å². The molecule has 0 bridgehead atoms. The molecule has 1 N–H and O–H groups in total. The quantitative estimate of drug-likeness (QED) is 0.700. The summed E-state index contributed by atoms with van der Waals surface area (Å²) in [4.78, 5) is 0. The van der Waals surface area contributed by atoms with E-state index in [0.717, 1.165) is 30.7 Å². The Kier molecular flexibility index (Phi) is 7.65. The molecule has 21 heavy (non-hydrogen) atoms. The van der Waals surface area contributed by atoms with Gasteiger partial charge in [-0.15, -0.1) is 0 Å². The third kappa shape index (κ3) is 6.25. The second kappa shape index (κ2) is 8.49. The third-order valence-electron chi connectivity index (χ3n) is 4.83. The van der Waals surface area contributed by atoms with E-state index in [9.17, 15) is 8.42 Å². The first kappa shape index (κ1) is 18.9. The first-order valence-corrected chi connectivity index (χ1v) is 10.3. The number of nitrogens with one attached hydrogen (secondary N) is 1. The monoisotopic (exact) mass is 318 g/mol. The molecule has 3 atom stereocenters. The lowest BCUT2D eigenvalue weighted by Crippen LogP contribution is -2.44. The lowest BCUT2D eigenvalue weighted by molar-refractivity contribution is 0.169. The molecule has 1 saturated carbocycles. The second-order valence-corrected chi connectivity index (χ2v) is 8.98. The molecule has 0 aromatic carbocycles. The molecule has 0 aliphatic heterocycles.